The summed E-state index contributed by atoms with van der Waals surface area (Å²) in [5, 5.41) is 12.4. The average molecular weight is 245 g/mol. The molecule has 0 aromatic heterocycles. The summed E-state index contributed by atoms with van der Waals surface area (Å²) >= 11 is 0. The van der Waals surface area contributed by atoms with Gasteiger partial charge >= 0.3 is 0 Å². The van der Waals surface area contributed by atoms with E-state index in [4.69, 9.17) is 9.94 Å². The fraction of sp³-hybridized carbons (Fsp3) is 0.533. The molecule has 96 valence electrons. The molecule has 1 N–H and O–H groups in total. The topological polar surface area (TPSA) is 41.8 Å². The lowest BCUT2D eigenvalue weighted by Gasteiger charge is -2.20. The molecule has 1 aromatic carbocycles. The predicted molar refractivity (Wildman–Crippen MR) is 70.5 cm³/mol. The van der Waals surface area contributed by atoms with Gasteiger partial charge in [-0.15, -0.1) is 0 Å². The van der Waals surface area contributed by atoms with Crippen LogP contribution in [0.3, 0.4) is 0 Å². The van der Waals surface area contributed by atoms with Crippen LogP contribution in [0.4, 0.5) is 0 Å². The molecule has 0 heterocycles. The quantitative estimate of drug-likeness (QED) is 0.652. The average Bonchev–Trinajstić information content (AvgIpc) is 3.22. The second-order valence-corrected chi connectivity index (χ2v) is 5.26. The molecule has 1 fully saturated rings. The van der Waals surface area contributed by atoms with Crippen molar-refractivity contribution in [3.8, 4) is 5.75 Å². The Morgan fingerprint density at radius 2 is 2.17 bits per heavy atom. The molecule has 2 aliphatic rings. The molecule has 0 unspecified atom stereocenters. The zero-order valence-corrected chi connectivity index (χ0v) is 10.6. The Kier molecular flexibility index (Phi) is 3.22. The smallest absolute Gasteiger partial charge is 0.123 e. The van der Waals surface area contributed by atoms with Crippen LogP contribution in [0.25, 0.3) is 0 Å². The van der Waals surface area contributed by atoms with Crippen molar-refractivity contribution in [3.63, 3.8) is 0 Å². The fourth-order valence-corrected chi connectivity index (χ4v) is 2.64. The van der Waals surface area contributed by atoms with Gasteiger partial charge in [-0.2, -0.15) is 0 Å². The van der Waals surface area contributed by atoms with Gasteiger partial charge in [0.1, 0.15) is 5.75 Å². The maximum Gasteiger partial charge on any atom is 0.123 e. The van der Waals surface area contributed by atoms with Crippen LogP contribution >= 0.6 is 0 Å². The first-order valence-corrected chi connectivity index (χ1v) is 6.84. The van der Waals surface area contributed by atoms with Crippen molar-refractivity contribution in [2.75, 3.05) is 6.61 Å². The summed E-state index contributed by atoms with van der Waals surface area (Å²) < 4.78 is 5.91. The van der Waals surface area contributed by atoms with Gasteiger partial charge in [-0.05, 0) is 37.7 Å². The molecular formula is C15H19NO2. The molecule has 3 nitrogen and oxygen atoms in total. The molecule has 0 atom stereocenters. The number of fused-ring (bicyclic) bond motifs is 1. The number of hydrogen-bond acceptors (Lipinski definition) is 3. The second-order valence-electron chi connectivity index (χ2n) is 5.26. The Labute approximate surface area is 107 Å². The van der Waals surface area contributed by atoms with E-state index in [9.17, 15) is 0 Å². The van der Waals surface area contributed by atoms with E-state index in [1.807, 2.05) is 18.2 Å². The Hall–Kier alpha value is -1.51. The molecule has 3 heteroatoms. The van der Waals surface area contributed by atoms with Crippen molar-refractivity contribution in [2.24, 2.45) is 11.1 Å². The number of benzene rings is 1. The summed E-state index contributed by atoms with van der Waals surface area (Å²) in [5.41, 5.74) is 3.07. The Bertz CT molecular complexity index is 464. The van der Waals surface area contributed by atoms with Crippen LogP contribution in [0.15, 0.2) is 23.4 Å². The van der Waals surface area contributed by atoms with Gasteiger partial charge in [0.2, 0.25) is 0 Å². The third-order valence-corrected chi connectivity index (χ3v) is 3.89. The van der Waals surface area contributed by atoms with Gasteiger partial charge in [-0.25, -0.2) is 0 Å². The van der Waals surface area contributed by atoms with E-state index in [1.165, 1.54) is 24.8 Å². The van der Waals surface area contributed by atoms with Gasteiger partial charge in [0.05, 0.1) is 12.3 Å². The van der Waals surface area contributed by atoms with Gasteiger partial charge < -0.3 is 9.94 Å². The van der Waals surface area contributed by atoms with Crippen molar-refractivity contribution < 1.29 is 9.94 Å². The molecule has 1 aromatic rings. The lowest BCUT2D eigenvalue weighted by Crippen LogP contribution is -2.13. The second kappa shape index (κ2) is 5.01. The van der Waals surface area contributed by atoms with Crippen LogP contribution in [0.2, 0.25) is 0 Å². The summed E-state index contributed by atoms with van der Waals surface area (Å²) in [6.07, 6.45) is 6.83. The van der Waals surface area contributed by atoms with Crippen molar-refractivity contribution in [2.45, 2.75) is 38.5 Å². The Morgan fingerprint density at radius 3 is 2.94 bits per heavy atom. The highest BCUT2D eigenvalue weighted by molar-refractivity contribution is 6.02. The van der Waals surface area contributed by atoms with Crippen molar-refractivity contribution in [3.05, 3.63) is 29.3 Å². The lowest BCUT2D eigenvalue weighted by molar-refractivity contribution is 0.298. The van der Waals surface area contributed by atoms with Gasteiger partial charge in [-0.3, -0.25) is 0 Å². The first-order valence-electron chi connectivity index (χ1n) is 6.84. The maximum atomic E-state index is 9.03. The number of ether oxygens (including phenoxy) is 1. The molecule has 0 aliphatic heterocycles. The molecule has 1 saturated carbocycles. The summed E-state index contributed by atoms with van der Waals surface area (Å²) in [4.78, 5) is 0. The number of hydrogen-bond donors (Lipinski definition) is 1. The maximum absolute atomic E-state index is 9.03. The van der Waals surface area contributed by atoms with E-state index < -0.39 is 0 Å². The lowest BCUT2D eigenvalue weighted by atomic mass is 9.89. The zero-order chi connectivity index (χ0) is 12.4. The normalized spacial score (nSPS) is 20.8. The van der Waals surface area contributed by atoms with E-state index in [1.54, 1.807) is 0 Å². The molecule has 0 radical (unpaired) electrons. The molecule has 0 saturated heterocycles. The Balaban J connectivity index is 1.77. The van der Waals surface area contributed by atoms with Crippen LogP contribution in [0.5, 0.6) is 5.75 Å². The highest BCUT2D eigenvalue weighted by Gasteiger charge is 2.22. The van der Waals surface area contributed by atoms with Crippen LogP contribution in [-0.2, 0) is 6.42 Å². The van der Waals surface area contributed by atoms with Gasteiger partial charge in [-0.1, -0.05) is 30.1 Å². The summed E-state index contributed by atoms with van der Waals surface area (Å²) in [7, 11) is 0. The molecule has 18 heavy (non-hydrogen) atoms. The van der Waals surface area contributed by atoms with E-state index in [0.717, 1.165) is 48.8 Å². The van der Waals surface area contributed by atoms with E-state index in [0.29, 0.717) is 0 Å². The molecule has 2 aliphatic carbocycles. The van der Waals surface area contributed by atoms with Gasteiger partial charge in [0, 0.05) is 11.1 Å². The van der Waals surface area contributed by atoms with E-state index in [2.05, 4.69) is 5.16 Å². The van der Waals surface area contributed by atoms with Crippen LogP contribution < -0.4 is 4.74 Å². The highest BCUT2D eigenvalue weighted by Crippen LogP contribution is 2.33. The minimum atomic E-state index is 0.795. The minimum Gasteiger partial charge on any atom is -0.493 e. The van der Waals surface area contributed by atoms with Crippen molar-refractivity contribution in [1.82, 2.24) is 0 Å². The summed E-state index contributed by atoms with van der Waals surface area (Å²) in [5.74, 6) is 1.88. The summed E-state index contributed by atoms with van der Waals surface area (Å²) in [6.45, 7) is 0.812. The third kappa shape index (κ3) is 2.35. The fourth-order valence-electron chi connectivity index (χ4n) is 2.64. The zero-order valence-electron chi connectivity index (χ0n) is 10.6. The van der Waals surface area contributed by atoms with Crippen molar-refractivity contribution >= 4 is 5.71 Å². The largest absolute Gasteiger partial charge is 0.493 e. The molecule has 0 bridgehead atoms. The molecule has 0 spiro atoms. The van der Waals surface area contributed by atoms with Crippen LogP contribution in [0, 0.1) is 5.92 Å². The first kappa shape index (κ1) is 11.6. The Morgan fingerprint density at radius 1 is 1.28 bits per heavy atom. The SMILES string of the molecule is ON=C1CCCc2c(OCCC3CC3)cccc21. The van der Waals surface area contributed by atoms with Gasteiger partial charge in [0.15, 0.2) is 0 Å². The van der Waals surface area contributed by atoms with Crippen molar-refractivity contribution in [1.29, 1.82) is 0 Å². The minimum absolute atomic E-state index is 0.795. The van der Waals surface area contributed by atoms with Gasteiger partial charge in [0.25, 0.3) is 0 Å². The van der Waals surface area contributed by atoms with E-state index in [-0.39, 0.29) is 0 Å². The number of oxime groups is 1. The highest BCUT2D eigenvalue weighted by atomic mass is 16.5. The predicted octanol–water partition coefficient (Wildman–Crippen LogP) is 3.38. The number of rotatable bonds is 4. The summed E-state index contributed by atoms with van der Waals surface area (Å²) in [6, 6.07) is 6.05. The molecule has 0 amide bonds. The van der Waals surface area contributed by atoms with Crippen LogP contribution in [-0.4, -0.2) is 17.5 Å². The number of nitrogens with zero attached hydrogens (tertiary/aromatic N) is 1. The monoisotopic (exact) mass is 245 g/mol. The standard InChI is InChI=1S/C15H19NO2/c17-16-14-5-1-4-13-12(14)3-2-6-15(13)18-10-9-11-7-8-11/h2-3,6,11,17H,1,4-5,7-10H2. The molecular weight excluding hydrogens is 226 g/mol. The molecule has 3 rings (SSSR count). The van der Waals surface area contributed by atoms with E-state index >= 15 is 0 Å². The first-order chi connectivity index (χ1) is 8.88. The third-order valence-electron chi connectivity index (χ3n) is 3.89. The van der Waals surface area contributed by atoms with Crippen LogP contribution in [0.1, 0.15) is 43.2 Å².